The van der Waals surface area contributed by atoms with Crippen LogP contribution in [0.3, 0.4) is 0 Å². The Kier molecular flexibility index (Phi) is 2.29. The van der Waals surface area contributed by atoms with Crippen LogP contribution < -0.4 is 5.32 Å². The molecule has 0 saturated carbocycles. The molecule has 56 valence electrons. The topological polar surface area (TPSA) is 29.9 Å². The average Bonchev–Trinajstić information content (AvgIpc) is 2.13. The van der Waals surface area contributed by atoms with Gasteiger partial charge in [0.25, 0.3) is 0 Å². The number of nitrogens with zero attached hydrogens (tertiary/aromatic N) is 2. The number of aromatic nitrogens is 2. The zero-order valence-electron chi connectivity index (χ0n) is 6.06. The lowest BCUT2D eigenvalue weighted by atomic mass is 10.4. The van der Waals surface area contributed by atoms with Crippen LogP contribution in [0.25, 0.3) is 0 Å². The molecule has 0 radical (unpaired) electrons. The van der Waals surface area contributed by atoms with E-state index in [4.69, 9.17) is 11.6 Å². The third kappa shape index (κ3) is 1.49. The van der Waals surface area contributed by atoms with Crippen molar-refractivity contribution in [2.45, 2.75) is 6.54 Å². The number of rotatable bonds is 2. The van der Waals surface area contributed by atoms with E-state index in [2.05, 4.69) is 10.4 Å². The van der Waals surface area contributed by atoms with E-state index in [1.807, 2.05) is 14.1 Å². The molecule has 3 nitrogen and oxygen atoms in total. The number of hydrogen-bond acceptors (Lipinski definition) is 2. The molecule has 0 fully saturated rings. The Hall–Kier alpha value is -0.540. The molecule has 1 rings (SSSR count). The van der Waals surface area contributed by atoms with Crippen molar-refractivity contribution in [3.8, 4) is 0 Å². The minimum absolute atomic E-state index is 0.719. The molecule has 0 aliphatic carbocycles. The van der Waals surface area contributed by atoms with Crippen molar-refractivity contribution in [1.29, 1.82) is 0 Å². The summed E-state index contributed by atoms with van der Waals surface area (Å²) in [5, 5.41) is 7.82. The van der Waals surface area contributed by atoms with Crippen molar-refractivity contribution in [1.82, 2.24) is 15.1 Å². The summed E-state index contributed by atoms with van der Waals surface area (Å²) in [4.78, 5) is 0. The van der Waals surface area contributed by atoms with E-state index in [9.17, 15) is 0 Å². The van der Waals surface area contributed by atoms with Crippen LogP contribution in [0, 0.1) is 0 Å². The van der Waals surface area contributed by atoms with E-state index >= 15 is 0 Å². The quantitative estimate of drug-likeness (QED) is 0.692. The molecule has 4 heteroatoms. The van der Waals surface area contributed by atoms with Gasteiger partial charge in [-0.2, -0.15) is 5.10 Å². The maximum Gasteiger partial charge on any atom is 0.0948 e. The fraction of sp³-hybridized carbons (Fsp3) is 0.500. The molecular formula is C6H10ClN3. The molecule has 1 aromatic heterocycles. The van der Waals surface area contributed by atoms with Crippen LogP contribution in [0.2, 0.25) is 5.02 Å². The third-order valence-corrected chi connectivity index (χ3v) is 1.51. The molecule has 10 heavy (non-hydrogen) atoms. The molecule has 1 N–H and O–H groups in total. The molecule has 0 aliphatic rings. The first-order chi connectivity index (χ1) is 4.74. The van der Waals surface area contributed by atoms with Crippen molar-refractivity contribution in [2.24, 2.45) is 7.05 Å². The molecular weight excluding hydrogens is 150 g/mol. The summed E-state index contributed by atoms with van der Waals surface area (Å²) in [5.74, 6) is 0. The number of halogens is 1. The highest BCUT2D eigenvalue weighted by Gasteiger charge is 2.01. The second-order valence-corrected chi connectivity index (χ2v) is 2.53. The zero-order chi connectivity index (χ0) is 7.56. The van der Waals surface area contributed by atoms with E-state index in [-0.39, 0.29) is 0 Å². The standard InChI is InChI=1S/C6H10ClN3/c1-8-3-6-5(7)4-10(2)9-6/h4,8H,3H2,1-2H3. The largest absolute Gasteiger partial charge is 0.314 e. The van der Waals surface area contributed by atoms with Crippen molar-refractivity contribution in [3.05, 3.63) is 16.9 Å². The fourth-order valence-corrected chi connectivity index (χ4v) is 1.04. The lowest BCUT2D eigenvalue weighted by Crippen LogP contribution is -2.06. The molecule has 0 unspecified atom stereocenters. The van der Waals surface area contributed by atoms with Gasteiger partial charge in [0.15, 0.2) is 0 Å². The van der Waals surface area contributed by atoms with Crippen LogP contribution in [0.15, 0.2) is 6.20 Å². The third-order valence-electron chi connectivity index (χ3n) is 1.20. The van der Waals surface area contributed by atoms with Gasteiger partial charge in [0.05, 0.1) is 10.7 Å². The van der Waals surface area contributed by atoms with Crippen molar-refractivity contribution in [3.63, 3.8) is 0 Å². The minimum atomic E-state index is 0.719. The Morgan fingerprint density at radius 1 is 1.80 bits per heavy atom. The first-order valence-electron chi connectivity index (χ1n) is 3.06. The Labute approximate surface area is 65.0 Å². The van der Waals surface area contributed by atoms with Crippen LogP contribution >= 0.6 is 11.6 Å². The first-order valence-corrected chi connectivity index (χ1v) is 3.44. The van der Waals surface area contributed by atoms with Crippen molar-refractivity contribution >= 4 is 11.6 Å². The molecule has 0 bridgehead atoms. The van der Waals surface area contributed by atoms with Gasteiger partial charge in [-0.05, 0) is 7.05 Å². The Morgan fingerprint density at radius 3 is 2.90 bits per heavy atom. The van der Waals surface area contributed by atoms with E-state index in [0.29, 0.717) is 0 Å². The number of nitrogens with one attached hydrogen (secondary N) is 1. The van der Waals surface area contributed by atoms with Crippen LogP contribution in [-0.4, -0.2) is 16.8 Å². The molecule has 0 atom stereocenters. The van der Waals surface area contributed by atoms with E-state index in [0.717, 1.165) is 17.3 Å². The van der Waals surface area contributed by atoms with Gasteiger partial charge in [-0.15, -0.1) is 0 Å². The van der Waals surface area contributed by atoms with E-state index in [1.165, 1.54) is 0 Å². The van der Waals surface area contributed by atoms with Gasteiger partial charge in [0.1, 0.15) is 0 Å². The predicted octanol–water partition coefficient (Wildman–Crippen LogP) is 0.793. The van der Waals surface area contributed by atoms with Crippen LogP contribution in [0.4, 0.5) is 0 Å². The molecule has 0 aromatic carbocycles. The van der Waals surface area contributed by atoms with Crippen LogP contribution in [-0.2, 0) is 13.6 Å². The maximum absolute atomic E-state index is 5.80. The summed E-state index contributed by atoms with van der Waals surface area (Å²) in [6.07, 6.45) is 1.79. The lowest BCUT2D eigenvalue weighted by Gasteiger charge is -1.92. The average molecular weight is 160 g/mol. The summed E-state index contributed by atoms with van der Waals surface area (Å²) in [5.41, 5.74) is 0.895. The summed E-state index contributed by atoms with van der Waals surface area (Å²) >= 11 is 5.80. The second kappa shape index (κ2) is 3.03. The molecule has 0 amide bonds. The highest BCUT2D eigenvalue weighted by atomic mass is 35.5. The molecule has 0 spiro atoms. The smallest absolute Gasteiger partial charge is 0.0948 e. The Morgan fingerprint density at radius 2 is 2.50 bits per heavy atom. The van der Waals surface area contributed by atoms with Crippen LogP contribution in [0.5, 0.6) is 0 Å². The zero-order valence-corrected chi connectivity index (χ0v) is 6.81. The van der Waals surface area contributed by atoms with E-state index < -0.39 is 0 Å². The molecule has 1 heterocycles. The molecule has 0 saturated heterocycles. The monoisotopic (exact) mass is 159 g/mol. The summed E-state index contributed by atoms with van der Waals surface area (Å²) in [6.45, 7) is 0.722. The van der Waals surface area contributed by atoms with Gasteiger partial charge in [0, 0.05) is 19.8 Å². The molecule has 0 aliphatic heterocycles. The minimum Gasteiger partial charge on any atom is -0.314 e. The maximum atomic E-state index is 5.80. The SMILES string of the molecule is CNCc1nn(C)cc1Cl. The van der Waals surface area contributed by atoms with Gasteiger partial charge in [-0.3, -0.25) is 4.68 Å². The number of aryl methyl sites for hydroxylation is 1. The molecule has 1 aromatic rings. The highest BCUT2D eigenvalue weighted by Crippen LogP contribution is 2.11. The fourth-order valence-electron chi connectivity index (χ4n) is 0.793. The second-order valence-electron chi connectivity index (χ2n) is 2.13. The van der Waals surface area contributed by atoms with Gasteiger partial charge in [0.2, 0.25) is 0 Å². The van der Waals surface area contributed by atoms with Gasteiger partial charge < -0.3 is 5.32 Å². The lowest BCUT2D eigenvalue weighted by molar-refractivity contribution is 0.712. The van der Waals surface area contributed by atoms with Gasteiger partial charge >= 0.3 is 0 Å². The summed E-state index contributed by atoms with van der Waals surface area (Å²) in [6, 6.07) is 0. The van der Waals surface area contributed by atoms with Crippen molar-refractivity contribution in [2.75, 3.05) is 7.05 Å². The Balaban J connectivity index is 2.81. The van der Waals surface area contributed by atoms with Gasteiger partial charge in [-0.1, -0.05) is 11.6 Å². The number of hydrogen-bond donors (Lipinski definition) is 1. The predicted molar refractivity (Wildman–Crippen MR) is 41.0 cm³/mol. The normalized spacial score (nSPS) is 10.3. The Bertz CT molecular complexity index is 219. The highest BCUT2D eigenvalue weighted by molar-refractivity contribution is 6.31. The van der Waals surface area contributed by atoms with E-state index in [1.54, 1.807) is 10.9 Å². The van der Waals surface area contributed by atoms with Crippen LogP contribution in [0.1, 0.15) is 5.69 Å². The summed E-state index contributed by atoms with van der Waals surface area (Å²) in [7, 11) is 3.72. The summed E-state index contributed by atoms with van der Waals surface area (Å²) < 4.78 is 1.70. The van der Waals surface area contributed by atoms with Gasteiger partial charge in [-0.25, -0.2) is 0 Å². The van der Waals surface area contributed by atoms with Crippen molar-refractivity contribution < 1.29 is 0 Å². The first kappa shape index (κ1) is 7.57.